The van der Waals surface area contributed by atoms with E-state index in [9.17, 15) is 9.59 Å². The van der Waals surface area contributed by atoms with E-state index in [1.54, 1.807) is 42.3 Å². The molecule has 150 valence electrons. The molecule has 30 heavy (non-hydrogen) atoms. The number of para-hydroxylation sites is 1. The highest BCUT2D eigenvalue weighted by molar-refractivity contribution is 6.10. The molecular formula is C23H19N3O4. The highest BCUT2D eigenvalue weighted by atomic mass is 16.5. The van der Waals surface area contributed by atoms with Crippen molar-refractivity contribution in [2.24, 2.45) is 0 Å². The Balaban J connectivity index is 1.43. The molecule has 2 heterocycles. The van der Waals surface area contributed by atoms with Crippen molar-refractivity contribution in [1.29, 1.82) is 0 Å². The van der Waals surface area contributed by atoms with Gasteiger partial charge in [-0.05, 0) is 36.4 Å². The van der Waals surface area contributed by atoms with Gasteiger partial charge in [-0.3, -0.25) is 9.69 Å². The summed E-state index contributed by atoms with van der Waals surface area (Å²) in [7, 11) is 1.56. The summed E-state index contributed by atoms with van der Waals surface area (Å²) in [5.41, 5.74) is 3.20. The summed E-state index contributed by atoms with van der Waals surface area (Å²) in [5, 5.41) is 7.57. The molecule has 0 bridgehead atoms. The number of amides is 3. The van der Waals surface area contributed by atoms with Crippen LogP contribution in [0.15, 0.2) is 65.1 Å². The number of fused-ring (bicyclic) bond motifs is 3. The first-order valence-corrected chi connectivity index (χ1v) is 9.60. The molecule has 1 saturated heterocycles. The van der Waals surface area contributed by atoms with Gasteiger partial charge in [0.05, 0.1) is 12.8 Å². The molecule has 0 unspecified atom stereocenters. The van der Waals surface area contributed by atoms with Gasteiger partial charge in [-0.15, -0.1) is 0 Å². The molecule has 5 rings (SSSR count). The zero-order chi connectivity index (χ0) is 20.7. The van der Waals surface area contributed by atoms with Crippen molar-refractivity contribution in [1.82, 2.24) is 5.32 Å². The van der Waals surface area contributed by atoms with Gasteiger partial charge in [0.2, 0.25) is 0 Å². The van der Waals surface area contributed by atoms with Crippen LogP contribution in [0.5, 0.6) is 5.75 Å². The van der Waals surface area contributed by atoms with Crippen LogP contribution < -0.4 is 20.3 Å². The SMILES string of the molecule is COc1cc2c(cc1NC(=O)c1ccc(N3CCNC3=O)cc1)oc1ccccc12. The van der Waals surface area contributed by atoms with E-state index in [4.69, 9.17) is 9.15 Å². The number of nitrogens with one attached hydrogen (secondary N) is 2. The van der Waals surface area contributed by atoms with E-state index in [1.807, 2.05) is 30.3 Å². The molecule has 0 radical (unpaired) electrons. The first-order chi connectivity index (χ1) is 14.6. The van der Waals surface area contributed by atoms with Crippen molar-refractivity contribution >= 4 is 45.3 Å². The second-order valence-electron chi connectivity index (χ2n) is 7.03. The summed E-state index contributed by atoms with van der Waals surface area (Å²) in [5.74, 6) is 0.272. The van der Waals surface area contributed by atoms with Crippen LogP contribution in [0.1, 0.15) is 10.4 Å². The maximum Gasteiger partial charge on any atom is 0.321 e. The highest BCUT2D eigenvalue weighted by Gasteiger charge is 2.21. The molecule has 3 aromatic carbocycles. The third-order valence-electron chi connectivity index (χ3n) is 5.24. The monoisotopic (exact) mass is 401 g/mol. The summed E-state index contributed by atoms with van der Waals surface area (Å²) >= 11 is 0. The van der Waals surface area contributed by atoms with Gasteiger partial charge in [0.1, 0.15) is 16.9 Å². The fraction of sp³-hybridized carbons (Fsp3) is 0.130. The molecule has 1 aromatic heterocycles. The number of anilines is 2. The molecule has 0 spiro atoms. The van der Waals surface area contributed by atoms with Crippen LogP contribution in [0.3, 0.4) is 0 Å². The maximum absolute atomic E-state index is 12.8. The number of carbonyl (C=O) groups excluding carboxylic acids is 2. The Morgan fingerprint density at radius 3 is 2.60 bits per heavy atom. The first kappa shape index (κ1) is 18.1. The van der Waals surface area contributed by atoms with Gasteiger partial charge >= 0.3 is 6.03 Å². The lowest BCUT2D eigenvalue weighted by molar-refractivity contribution is 0.102. The lowest BCUT2D eigenvalue weighted by Crippen LogP contribution is -2.27. The summed E-state index contributed by atoms with van der Waals surface area (Å²) in [6, 6.07) is 18.2. The first-order valence-electron chi connectivity index (χ1n) is 9.60. The number of methoxy groups -OCH3 is 1. The van der Waals surface area contributed by atoms with Crippen molar-refractivity contribution in [3.05, 3.63) is 66.2 Å². The molecule has 3 amide bonds. The van der Waals surface area contributed by atoms with E-state index in [2.05, 4.69) is 10.6 Å². The topological polar surface area (TPSA) is 83.8 Å². The quantitative estimate of drug-likeness (QED) is 0.532. The van der Waals surface area contributed by atoms with Crippen molar-refractivity contribution in [3.63, 3.8) is 0 Å². The predicted molar refractivity (Wildman–Crippen MR) is 115 cm³/mol. The van der Waals surface area contributed by atoms with Crippen molar-refractivity contribution < 1.29 is 18.7 Å². The standard InChI is InChI=1S/C23H19N3O4/c1-29-21-12-17-16-4-2-3-5-19(16)30-20(17)13-18(21)25-22(27)14-6-8-15(9-7-14)26-11-10-24-23(26)28/h2-9,12-13H,10-11H2,1H3,(H,24,28)(H,25,27). The molecule has 0 saturated carbocycles. The Kier molecular flexibility index (Phi) is 4.28. The fourth-order valence-corrected chi connectivity index (χ4v) is 3.72. The molecular weight excluding hydrogens is 382 g/mol. The minimum Gasteiger partial charge on any atom is -0.495 e. The van der Waals surface area contributed by atoms with Gasteiger partial charge in [-0.2, -0.15) is 0 Å². The zero-order valence-electron chi connectivity index (χ0n) is 16.3. The fourth-order valence-electron chi connectivity index (χ4n) is 3.72. The number of ether oxygens (including phenoxy) is 1. The van der Waals surface area contributed by atoms with Crippen LogP contribution in [0, 0.1) is 0 Å². The Hall–Kier alpha value is -4.00. The van der Waals surface area contributed by atoms with Gasteiger partial charge in [-0.25, -0.2) is 4.79 Å². The number of urea groups is 1. The van der Waals surface area contributed by atoms with Crippen molar-refractivity contribution in [2.75, 3.05) is 30.4 Å². The van der Waals surface area contributed by atoms with Gasteiger partial charge in [-0.1, -0.05) is 18.2 Å². The average Bonchev–Trinajstić information content (AvgIpc) is 3.36. The van der Waals surface area contributed by atoms with Crippen LogP contribution in [0.25, 0.3) is 21.9 Å². The average molecular weight is 401 g/mol. The Morgan fingerprint density at radius 2 is 1.87 bits per heavy atom. The van der Waals surface area contributed by atoms with Gasteiger partial charge in [0, 0.05) is 41.2 Å². The Morgan fingerprint density at radius 1 is 1.07 bits per heavy atom. The highest BCUT2D eigenvalue weighted by Crippen LogP contribution is 2.36. The summed E-state index contributed by atoms with van der Waals surface area (Å²) in [6.45, 7) is 1.23. The number of carbonyl (C=O) groups is 2. The molecule has 7 nitrogen and oxygen atoms in total. The zero-order valence-corrected chi connectivity index (χ0v) is 16.3. The van der Waals surface area contributed by atoms with E-state index in [0.717, 1.165) is 22.0 Å². The minimum atomic E-state index is -0.277. The van der Waals surface area contributed by atoms with E-state index in [-0.39, 0.29) is 11.9 Å². The molecule has 7 heteroatoms. The summed E-state index contributed by atoms with van der Waals surface area (Å²) in [4.78, 5) is 26.2. The van der Waals surface area contributed by atoms with Crippen LogP contribution in [0.2, 0.25) is 0 Å². The van der Waals surface area contributed by atoms with E-state index in [1.165, 1.54) is 0 Å². The lowest BCUT2D eigenvalue weighted by Gasteiger charge is -2.15. The normalized spacial score (nSPS) is 13.6. The van der Waals surface area contributed by atoms with Gasteiger partial charge in [0.25, 0.3) is 5.91 Å². The number of benzene rings is 3. The number of rotatable bonds is 4. The number of furan rings is 1. The molecule has 0 aliphatic carbocycles. The van der Waals surface area contributed by atoms with Crippen LogP contribution in [-0.4, -0.2) is 32.1 Å². The third kappa shape index (κ3) is 3.00. The predicted octanol–water partition coefficient (Wildman–Crippen LogP) is 4.38. The second kappa shape index (κ2) is 7.11. The van der Waals surface area contributed by atoms with Crippen LogP contribution in [-0.2, 0) is 0 Å². The number of nitrogens with zero attached hydrogens (tertiary/aromatic N) is 1. The molecule has 0 atom stereocenters. The molecule has 1 fully saturated rings. The maximum atomic E-state index is 12.8. The summed E-state index contributed by atoms with van der Waals surface area (Å²) in [6.07, 6.45) is 0. The molecule has 2 N–H and O–H groups in total. The smallest absolute Gasteiger partial charge is 0.321 e. The minimum absolute atomic E-state index is 0.129. The molecule has 1 aliphatic rings. The van der Waals surface area contributed by atoms with Crippen LogP contribution >= 0.6 is 0 Å². The third-order valence-corrected chi connectivity index (χ3v) is 5.24. The Labute approximate surface area is 172 Å². The van der Waals surface area contributed by atoms with E-state index < -0.39 is 0 Å². The van der Waals surface area contributed by atoms with E-state index in [0.29, 0.717) is 35.7 Å². The van der Waals surface area contributed by atoms with Gasteiger partial charge in [0.15, 0.2) is 0 Å². The molecule has 4 aromatic rings. The molecule has 1 aliphatic heterocycles. The Bertz CT molecular complexity index is 1280. The number of hydrogen-bond acceptors (Lipinski definition) is 4. The van der Waals surface area contributed by atoms with Crippen molar-refractivity contribution in [2.45, 2.75) is 0 Å². The largest absolute Gasteiger partial charge is 0.495 e. The van der Waals surface area contributed by atoms with Gasteiger partial charge < -0.3 is 19.8 Å². The summed E-state index contributed by atoms with van der Waals surface area (Å²) < 4.78 is 11.4. The lowest BCUT2D eigenvalue weighted by atomic mass is 10.1. The van der Waals surface area contributed by atoms with Crippen LogP contribution in [0.4, 0.5) is 16.2 Å². The number of hydrogen-bond donors (Lipinski definition) is 2. The van der Waals surface area contributed by atoms with E-state index >= 15 is 0 Å². The second-order valence-corrected chi connectivity index (χ2v) is 7.03. The van der Waals surface area contributed by atoms with Crippen molar-refractivity contribution in [3.8, 4) is 5.75 Å².